The van der Waals surface area contributed by atoms with Gasteiger partial charge in [-0.1, -0.05) is 43.7 Å². The van der Waals surface area contributed by atoms with Gasteiger partial charge in [-0.3, -0.25) is 4.79 Å². The number of hydrogen-bond acceptors (Lipinski definition) is 2. The summed E-state index contributed by atoms with van der Waals surface area (Å²) in [5, 5.41) is 0. The van der Waals surface area contributed by atoms with Gasteiger partial charge in [0.15, 0.2) is 0 Å². The summed E-state index contributed by atoms with van der Waals surface area (Å²) in [4.78, 5) is 14.8. The van der Waals surface area contributed by atoms with Gasteiger partial charge in [0.2, 0.25) is 0 Å². The predicted octanol–water partition coefficient (Wildman–Crippen LogP) is 4.02. The van der Waals surface area contributed by atoms with Crippen molar-refractivity contribution in [3.05, 3.63) is 59.7 Å². The molecule has 0 radical (unpaired) electrons. The summed E-state index contributed by atoms with van der Waals surface area (Å²) in [6.07, 6.45) is 2.01. The zero-order valence-electron chi connectivity index (χ0n) is 12.7. The summed E-state index contributed by atoms with van der Waals surface area (Å²) in [6, 6.07) is 15.3. The molecule has 21 heavy (non-hydrogen) atoms. The lowest BCUT2D eigenvalue weighted by molar-refractivity contribution is 0.0987. The maximum atomic E-state index is 12.9. The smallest absolute Gasteiger partial charge is 0.260 e. The van der Waals surface area contributed by atoms with Crippen molar-refractivity contribution in [2.75, 3.05) is 17.2 Å². The Kier molecular flexibility index (Phi) is 4.99. The fourth-order valence-corrected chi connectivity index (χ4v) is 2.39. The molecular formula is C18H22N2O. The molecule has 0 saturated carbocycles. The molecule has 2 aromatic carbocycles. The maximum Gasteiger partial charge on any atom is 0.260 e. The van der Waals surface area contributed by atoms with E-state index in [0.29, 0.717) is 17.8 Å². The molecule has 0 aliphatic heterocycles. The summed E-state index contributed by atoms with van der Waals surface area (Å²) in [6.45, 7) is 4.75. The molecule has 0 unspecified atom stereocenters. The van der Waals surface area contributed by atoms with Crippen molar-refractivity contribution in [1.29, 1.82) is 0 Å². The number of nitrogens with two attached hydrogens (primary N) is 1. The largest absolute Gasteiger partial charge is 0.398 e. The Morgan fingerprint density at radius 2 is 1.81 bits per heavy atom. The fourth-order valence-electron chi connectivity index (χ4n) is 2.39. The topological polar surface area (TPSA) is 46.3 Å². The van der Waals surface area contributed by atoms with E-state index in [1.54, 1.807) is 6.07 Å². The van der Waals surface area contributed by atoms with Crippen molar-refractivity contribution in [3.8, 4) is 0 Å². The van der Waals surface area contributed by atoms with Crippen LogP contribution in [0.15, 0.2) is 48.5 Å². The molecule has 110 valence electrons. The summed E-state index contributed by atoms with van der Waals surface area (Å²) >= 11 is 0. The number of anilines is 2. The van der Waals surface area contributed by atoms with Gasteiger partial charge in [-0.25, -0.2) is 0 Å². The number of para-hydroxylation sites is 1. The molecule has 3 heteroatoms. The van der Waals surface area contributed by atoms with E-state index in [-0.39, 0.29) is 5.91 Å². The molecule has 0 heterocycles. The van der Waals surface area contributed by atoms with E-state index in [1.807, 2.05) is 54.3 Å². The van der Waals surface area contributed by atoms with Crippen LogP contribution < -0.4 is 10.6 Å². The number of carbonyl (C=O) groups is 1. The lowest BCUT2D eigenvalue weighted by Crippen LogP contribution is -2.33. The lowest BCUT2D eigenvalue weighted by Gasteiger charge is -2.24. The summed E-state index contributed by atoms with van der Waals surface area (Å²) < 4.78 is 0. The minimum Gasteiger partial charge on any atom is -0.398 e. The Balaban J connectivity index is 2.39. The lowest BCUT2D eigenvalue weighted by atomic mass is 10.0. The van der Waals surface area contributed by atoms with Gasteiger partial charge in [0, 0.05) is 17.9 Å². The molecular weight excluding hydrogens is 260 g/mol. The van der Waals surface area contributed by atoms with E-state index in [9.17, 15) is 4.79 Å². The molecule has 0 saturated heterocycles. The third kappa shape index (κ3) is 3.43. The number of carbonyl (C=O) groups excluding carboxylic acids is 1. The van der Waals surface area contributed by atoms with Crippen LogP contribution in [0.2, 0.25) is 0 Å². The van der Waals surface area contributed by atoms with E-state index < -0.39 is 0 Å². The van der Waals surface area contributed by atoms with Crippen molar-refractivity contribution < 1.29 is 4.79 Å². The van der Waals surface area contributed by atoms with Crippen molar-refractivity contribution in [2.45, 2.75) is 26.7 Å². The number of aryl methyl sites for hydroxylation is 1. The SMILES string of the molecule is CCCCN(C(=O)c1c(C)cccc1N)c1ccccc1. The number of amides is 1. The summed E-state index contributed by atoms with van der Waals surface area (Å²) in [5.41, 5.74) is 9.00. The Morgan fingerprint density at radius 3 is 2.43 bits per heavy atom. The first kappa shape index (κ1) is 15.1. The van der Waals surface area contributed by atoms with Crippen molar-refractivity contribution in [1.82, 2.24) is 0 Å². The van der Waals surface area contributed by atoms with Crippen LogP contribution in [0.4, 0.5) is 11.4 Å². The normalized spacial score (nSPS) is 10.4. The van der Waals surface area contributed by atoms with Crippen molar-refractivity contribution >= 4 is 17.3 Å². The van der Waals surface area contributed by atoms with Crippen LogP contribution in [-0.4, -0.2) is 12.5 Å². The highest BCUT2D eigenvalue weighted by atomic mass is 16.2. The van der Waals surface area contributed by atoms with Crippen LogP contribution in [0.3, 0.4) is 0 Å². The zero-order valence-corrected chi connectivity index (χ0v) is 12.7. The molecule has 2 N–H and O–H groups in total. The van der Waals surface area contributed by atoms with E-state index in [1.165, 1.54) is 0 Å². The molecule has 0 fully saturated rings. The van der Waals surface area contributed by atoms with Gasteiger partial charge in [-0.15, -0.1) is 0 Å². The molecule has 2 rings (SSSR count). The zero-order chi connectivity index (χ0) is 15.2. The Labute approximate surface area is 126 Å². The maximum absolute atomic E-state index is 12.9. The highest BCUT2D eigenvalue weighted by Gasteiger charge is 2.20. The van der Waals surface area contributed by atoms with Crippen LogP contribution in [0.5, 0.6) is 0 Å². The predicted molar refractivity (Wildman–Crippen MR) is 88.6 cm³/mol. The van der Waals surface area contributed by atoms with E-state index in [4.69, 9.17) is 5.73 Å². The average Bonchev–Trinajstić information content (AvgIpc) is 2.48. The number of benzene rings is 2. The average molecular weight is 282 g/mol. The molecule has 0 atom stereocenters. The number of nitrogen functional groups attached to an aromatic ring is 1. The molecule has 0 aromatic heterocycles. The Bertz CT molecular complexity index is 588. The highest BCUT2D eigenvalue weighted by molar-refractivity contribution is 6.10. The second-order valence-corrected chi connectivity index (χ2v) is 5.19. The second kappa shape index (κ2) is 6.93. The fraction of sp³-hybridized carbons (Fsp3) is 0.278. The first-order valence-electron chi connectivity index (χ1n) is 7.37. The van der Waals surface area contributed by atoms with Crippen LogP contribution in [0.1, 0.15) is 35.7 Å². The quantitative estimate of drug-likeness (QED) is 0.842. The van der Waals surface area contributed by atoms with Gasteiger partial charge in [0.1, 0.15) is 0 Å². The minimum absolute atomic E-state index is 0.0229. The number of unbranched alkanes of at least 4 members (excludes halogenated alkanes) is 1. The van der Waals surface area contributed by atoms with Gasteiger partial charge in [-0.2, -0.15) is 0 Å². The molecule has 3 nitrogen and oxygen atoms in total. The summed E-state index contributed by atoms with van der Waals surface area (Å²) in [5.74, 6) is -0.0229. The van der Waals surface area contributed by atoms with Crippen LogP contribution in [-0.2, 0) is 0 Å². The van der Waals surface area contributed by atoms with Crippen LogP contribution >= 0.6 is 0 Å². The van der Waals surface area contributed by atoms with Gasteiger partial charge >= 0.3 is 0 Å². The van der Waals surface area contributed by atoms with Crippen molar-refractivity contribution in [2.24, 2.45) is 0 Å². The Morgan fingerprint density at radius 1 is 1.10 bits per heavy atom. The van der Waals surface area contributed by atoms with Gasteiger partial charge in [0.25, 0.3) is 5.91 Å². The van der Waals surface area contributed by atoms with Crippen LogP contribution in [0, 0.1) is 6.92 Å². The third-order valence-corrected chi connectivity index (χ3v) is 3.57. The van der Waals surface area contributed by atoms with Crippen LogP contribution in [0.25, 0.3) is 0 Å². The standard InChI is InChI=1S/C18H22N2O/c1-3-4-13-20(15-10-6-5-7-11-15)18(21)17-14(2)9-8-12-16(17)19/h5-12H,3-4,13,19H2,1-2H3. The van der Waals surface area contributed by atoms with Gasteiger partial charge < -0.3 is 10.6 Å². The van der Waals surface area contributed by atoms with Gasteiger partial charge in [-0.05, 0) is 37.1 Å². The Hall–Kier alpha value is -2.29. The molecule has 0 aliphatic carbocycles. The second-order valence-electron chi connectivity index (χ2n) is 5.19. The molecule has 0 aliphatic rings. The number of hydrogen-bond donors (Lipinski definition) is 1. The number of rotatable bonds is 5. The highest BCUT2D eigenvalue weighted by Crippen LogP contribution is 2.23. The molecule has 1 amide bonds. The molecule has 0 spiro atoms. The van der Waals surface area contributed by atoms with Gasteiger partial charge in [0.05, 0.1) is 5.56 Å². The van der Waals surface area contributed by atoms with E-state index >= 15 is 0 Å². The number of nitrogens with zero attached hydrogens (tertiary/aromatic N) is 1. The minimum atomic E-state index is -0.0229. The van der Waals surface area contributed by atoms with E-state index in [2.05, 4.69) is 6.92 Å². The van der Waals surface area contributed by atoms with Crippen molar-refractivity contribution in [3.63, 3.8) is 0 Å². The molecule has 0 bridgehead atoms. The third-order valence-electron chi connectivity index (χ3n) is 3.57. The first-order valence-corrected chi connectivity index (χ1v) is 7.37. The van der Waals surface area contributed by atoms with E-state index in [0.717, 1.165) is 24.1 Å². The molecule has 2 aromatic rings. The summed E-state index contributed by atoms with van der Waals surface area (Å²) in [7, 11) is 0. The first-order chi connectivity index (χ1) is 10.1. The monoisotopic (exact) mass is 282 g/mol.